The second kappa shape index (κ2) is 7.25. The smallest absolute Gasteiger partial charge is 0.137 e. The molecule has 1 heterocycles. The minimum absolute atomic E-state index is 0.125. The number of likely N-dealkylation sites (N-methyl/N-ethyl adjacent to an activating group) is 1. The number of fused-ring (bicyclic) bond motifs is 1. The molecular formula is C20H21ClN2O. The fourth-order valence-corrected chi connectivity index (χ4v) is 3.89. The van der Waals surface area contributed by atoms with Gasteiger partial charge in [0.1, 0.15) is 5.75 Å². The van der Waals surface area contributed by atoms with E-state index in [-0.39, 0.29) is 12.0 Å². The molecule has 2 atom stereocenters. The van der Waals surface area contributed by atoms with Gasteiger partial charge < -0.3 is 9.64 Å². The van der Waals surface area contributed by atoms with Crippen LogP contribution in [0.3, 0.4) is 0 Å². The van der Waals surface area contributed by atoms with E-state index in [2.05, 4.69) is 48.3 Å². The molecule has 124 valence electrons. The van der Waals surface area contributed by atoms with Crippen LogP contribution in [0.15, 0.2) is 42.5 Å². The SMILES string of the molecule is COc1cc2c(cc1Cl)CCN(C)[C@@H](CC#N)[C@@H]2c1ccccc1. The molecule has 2 aromatic rings. The summed E-state index contributed by atoms with van der Waals surface area (Å²) >= 11 is 6.35. The Hall–Kier alpha value is -2.02. The summed E-state index contributed by atoms with van der Waals surface area (Å²) in [5.41, 5.74) is 3.67. The first-order chi connectivity index (χ1) is 11.7. The van der Waals surface area contributed by atoms with Crippen molar-refractivity contribution in [3.8, 4) is 11.8 Å². The first-order valence-corrected chi connectivity index (χ1v) is 8.52. The third-order valence-electron chi connectivity index (χ3n) is 4.89. The Morgan fingerprint density at radius 3 is 2.71 bits per heavy atom. The highest BCUT2D eigenvalue weighted by Crippen LogP contribution is 2.40. The van der Waals surface area contributed by atoms with E-state index in [1.165, 1.54) is 16.7 Å². The zero-order chi connectivity index (χ0) is 17.1. The lowest BCUT2D eigenvalue weighted by atomic mass is 9.81. The van der Waals surface area contributed by atoms with Crippen molar-refractivity contribution < 1.29 is 4.74 Å². The van der Waals surface area contributed by atoms with Gasteiger partial charge in [0.05, 0.1) is 24.6 Å². The van der Waals surface area contributed by atoms with E-state index < -0.39 is 0 Å². The van der Waals surface area contributed by atoms with Gasteiger partial charge in [0.2, 0.25) is 0 Å². The molecule has 0 amide bonds. The summed E-state index contributed by atoms with van der Waals surface area (Å²) in [5, 5.41) is 10.0. The van der Waals surface area contributed by atoms with Crippen LogP contribution in [0.2, 0.25) is 5.02 Å². The highest BCUT2D eigenvalue weighted by atomic mass is 35.5. The van der Waals surface area contributed by atoms with E-state index in [4.69, 9.17) is 16.3 Å². The minimum Gasteiger partial charge on any atom is -0.495 e. The Kier molecular flexibility index (Phi) is 5.08. The van der Waals surface area contributed by atoms with Gasteiger partial charge in [-0.1, -0.05) is 41.9 Å². The van der Waals surface area contributed by atoms with Gasteiger partial charge in [-0.25, -0.2) is 0 Å². The predicted molar refractivity (Wildman–Crippen MR) is 96.6 cm³/mol. The van der Waals surface area contributed by atoms with Crippen LogP contribution in [0.4, 0.5) is 0 Å². The Bertz CT molecular complexity index is 754. The topological polar surface area (TPSA) is 36.3 Å². The van der Waals surface area contributed by atoms with Crippen LogP contribution in [0.5, 0.6) is 5.75 Å². The number of halogens is 1. The van der Waals surface area contributed by atoms with Crippen molar-refractivity contribution in [2.75, 3.05) is 20.7 Å². The lowest BCUT2D eigenvalue weighted by Crippen LogP contribution is -2.36. The molecule has 3 nitrogen and oxygen atoms in total. The Balaban J connectivity index is 2.20. The number of nitrogens with zero attached hydrogens (tertiary/aromatic N) is 2. The molecule has 4 heteroatoms. The molecule has 0 N–H and O–H groups in total. The van der Waals surface area contributed by atoms with Gasteiger partial charge in [-0.05, 0) is 42.3 Å². The van der Waals surface area contributed by atoms with Crippen molar-refractivity contribution in [2.24, 2.45) is 0 Å². The molecule has 0 saturated carbocycles. The van der Waals surface area contributed by atoms with Gasteiger partial charge in [0.25, 0.3) is 0 Å². The quantitative estimate of drug-likeness (QED) is 0.838. The first kappa shape index (κ1) is 16.8. The van der Waals surface area contributed by atoms with Gasteiger partial charge in [0, 0.05) is 18.5 Å². The van der Waals surface area contributed by atoms with Gasteiger partial charge >= 0.3 is 0 Å². The molecule has 2 aromatic carbocycles. The van der Waals surface area contributed by atoms with E-state index in [9.17, 15) is 5.26 Å². The van der Waals surface area contributed by atoms with Crippen molar-refractivity contribution in [3.63, 3.8) is 0 Å². The molecule has 0 unspecified atom stereocenters. The molecule has 24 heavy (non-hydrogen) atoms. The fraction of sp³-hybridized carbons (Fsp3) is 0.350. The van der Waals surface area contributed by atoms with E-state index in [0.29, 0.717) is 17.2 Å². The minimum atomic E-state index is 0.125. The summed E-state index contributed by atoms with van der Waals surface area (Å²) < 4.78 is 5.45. The number of rotatable bonds is 3. The summed E-state index contributed by atoms with van der Waals surface area (Å²) in [6.07, 6.45) is 1.40. The Labute approximate surface area is 148 Å². The summed E-state index contributed by atoms with van der Waals surface area (Å²) in [6.45, 7) is 0.908. The molecule has 0 aromatic heterocycles. The molecular weight excluding hydrogens is 320 g/mol. The summed E-state index contributed by atoms with van der Waals surface area (Å²) in [7, 11) is 3.74. The summed E-state index contributed by atoms with van der Waals surface area (Å²) in [5.74, 6) is 0.816. The monoisotopic (exact) mass is 340 g/mol. The number of nitriles is 1. The van der Waals surface area contributed by atoms with Crippen molar-refractivity contribution in [2.45, 2.75) is 24.8 Å². The van der Waals surface area contributed by atoms with Crippen molar-refractivity contribution in [3.05, 3.63) is 64.2 Å². The van der Waals surface area contributed by atoms with Crippen LogP contribution in [0.25, 0.3) is 0 Å². The van der Waals surface area contributed by atoms with Crippen LogP contribution in [-0.4, -0.2) is 31.6 Å². The molecule has 1 aliphatic heterocycles. The summed E-state index contributed by atoms with van der Waals surface area (Å²) in [4.78, 5) is 2.29. The second-order valence-electron chi connectivity index (χ2n) is 6.23. The maximum absolute atomic E-state index is 9.36. The largest absolute Gasteiger partial charge is 0.495 e. The van der Waals surface area contributed by atoms with Crippen molar-refractivity contribution >= 4 is 11.6 Å². The molecule has 3 rings (SSSR count). The van der Waals surface area contributed by atoms with E-state index in [0.717, 1.165) is 13.0 Å². The number of hydrogen-bond donors (Lipinski definition) is 0. The molecule has 0 spiro atoms. The van der Waals surface area contributed by atoms with Crippen LogP contribution in [0, 0.1) is 11.3 Å². The number of hydrogen-bond acceptors (Lipinski definition) is 3. The van der Waals surface area contributed by atoms with E-state index >= 15 is 0 Å². The average Bonchev–Trinajstić information content (AvgIpc) is 2.73. The lowest BCUT2D eigenvalue weighted by molar-refractivity contribution is 0.236. The van der Waals surface area contributed by atoms with Crippen molar-refractivity contribution in [1.29, 1.82) is 5.26 Å². The van der Waals surface area contributed by atoms with Crippen LogP contribution >= 0.6 is 11.6 Å². The Morgan fingerprint density at radius 2 is 2.04 bits per heavy atom. The lowest BCUT2D eigenvalue weighted by Gasteiger charge is -2.32. The average molecular weight is 341 g/mol. The van der Waals surface area contributed by atoms with E-state index in [1.807, 2.05) is 12.1 Å². The third kappa shape index (κ3) is 3.13. The predicted octanol–water partition coefficient (Wildman–Crippen LogP) is 4.25. The highest BCUT2D eigenvalue weighted by Gasteiger charge is 2.33. The zero-order valence-corrected chi connectivity index (χ0v) is 14.8. The van der Waals surface area contributed by atoms with Crippen molar-refractivity contribution in [1.82, 2.24) is 4.90 Å². The first-order valence-electron chi connectivity index (χ1n) is 8.14. The Morgan fingerprint density at radius 1 is 1.29 bits per heavy atom. The van der Waals surface area contributed by atoms with Crippen LogP contribution in [-0.2, 0) is 6.42 Å². The zero-order valence-electron chi connectivity index (χ0n) is 14.0. The highest BCUT2D eigenvalue weighted by molar-refractivity contribution is 6.32. The van der Waals surface area contributed by atoms with Gasteiger partial charge in [-0.2, -0.15) is 5.26 Å². The van der Waals surface area contributed by atoms with Gasteiger partial charge in [0.15, 0.2) is 0 Å². The number of methoxy groups -OCH3 is 1. The standard InChI is InChI=1S/C20H21ClN2O/c1-23-11-9-15-12-17(21)19(24-2)13-16(15)20(18(23)8-10-22)14-6-4-3-5-7-14/h3-7,12-13,18,20H,8-9,11H2,1-2H3/t18-,20+/m0/s1. The second-order valence-corrected chi connectivity index (χ2v) is 6.64. The van der Waals surface area contributed by atoms with Crippen LogP contribution < -0.4 is 4.74 Å². The van der Waals surface area contributed by atoms with E-state index in [1.54, 1.807) is 7.11 Å². The maximum Gasteiger partial charge on any atom is 0.137 e. The molecule has 1 aliphatic rings. The molecule has 0 aliphatic carbocycles. The van der Waals surface area contributed by atoms with Gasteiger partial charge in [-0.3, -0.25) is 0 Å². The molecule has 0 radical (unpaired) electrons. The maximum atomic E-state index is 9.36. The molecule has 0 saturated heterocycles. The van der Waals surface area contributed by atoms with Gasteiger partial charge in [-0.15, -0.1) is 0 Å². The van der Waals surface area contributed by atoms with Crippen LogP contribution in [0.1, 0.15) is 29.0 Å². The molecule has 0 fully saturated rings. The fourth-order valence-electron chi connectivity index (χ4n) is 3.63. The number of benzene rings is 2. The number of ether oxygens (including phenoxy) is 1. The third-order valence-corrected chi connectivity index (χ3v) is 5.19. The normalized spacial score (nSPS) is 20.8. The molecule has 0 bridgehead atoms. The summed E-state index contributed by atoms with van der Waals surface area (Å²) in [6, 6.07) is 17.0.